The van der Waals surface area contributed by atoms with E-state index in [0.29, 0.717) is 0 Å². The summed E-state index contributed by atoms with van der Waals surface area (Å²) in [4.78, 5) is 12.5. The van der Waals surface area contributed by atoms with E-state index >= 15 is 0 Å². The largest absolute Gasteiger partial charge is 0.359 e. The van der Waals surface area contributed by atoms with Crippen molar-refractivity contribution >= 4 is 12.2 Å². The summed E-state index contributed by atoms with van der Waals surface area (Å²) in [6, 6.07) is 21.9. The van der Waals surface area contributed by atoms with Gasteiger partial charge in [0.2, 0.25) is 0 Å². The van der Waals surface area contributed by atoms with Crippen LogP contribution in [0.4, 0.5) is 0 Å². The van der Waals surface area contributed by atoms with E-state index in [0.717, 1.165) is 38.3 Å². The number of nitrogens with zero attached hydrogens (tertiary/aromatic N) is 2. The molecular formula is C21H15N3S. The molecule has 3 aromatic heterocycles. The molecule has 120 valence electrons. The summed E-state index contributed by atoms with van der Waals surface area (Å²) in [7, 11) is 0. The molecule has 0 aliphatic heterocycles. The van der Waals surface area contributed by atoms with Gasteiger partial charge in [0, 0.05) is 34.2 Å². The molecule has 0 spiro atoms. The van der Waals surface area contributed by atoms with Gasteiger partial charge in [-0.2, -0.15) is 0 Å². The zero-order valence-corrected chi connectivity index (χ0v) is 14.2. The van der Waals surface area contributed by atoms with E-state index in [1.165, 1.54) is 0 Å². The summed E-state index contributed by atoms with van der Waals surface area (Å²) in [5.74, 6) is 0. The Balaban J connectivity index is 2.00. The number of hydrogen-bond acceptors (Lipinski definition) is 3. The Bertz CT molecular complexity index is 1060. The SMILES string of the molecule is S=c1cc[nH]c(-c2ncccc2-c2ccccn2)c1-c1ccccc1. The second kappa shape index (κ2) is 6.79. The second-order valence-electron chi connectivity index (χ2n) is 5.57. The summed E-state index contributed by atoms with van der Waals surface area (Å²) in [5, 5.41) is 0. The van der Waals surface area contributed by atoms with Gasteiger partial charge in [-0.05, 0) is 35.9 Å². The van der Waals surface area contributed by atoms with Gasteiger partial charge in [0.25, 0.3) is 0 Å². The van der Waals surface area contributed by atoms with Crippen LogP contribution in [0, 0.1) is 4.51 Å². The zero-order chi connectivity index (χ0) is 17.1. The van der Waals surface area contributed by atoms with Gasteiger partial charge in [0.1, 0.15) is 0 Å². The van der Waals surface area contributed by atoms with Gasteiger partial charge in [0.05, 0.1) is 17.1 Å². The predicted molar refractivity (Wildman–Crippen MR) is 104 cm³/mol. The highest BCUT2D eigenvalue weighted by atomic mass is 32.1. The number of aromatic nitrogens is 3. The van der Waals surface area contributed by atoms with Crippen molar-refractivity contribution in [3.05, 3.63) is 89.8 Å². The smallest absolute Gasteiger partial charge is 0.0965 e. The fourth-order valence-electron chi connectivity index (χ4n) is 2.89. The molecule has 0 amide bonds. The van der Waals surface area contributed by atoms with Crippen molar-refractivity contribution in [2.45, 2.75) is 0 Å². The Morgan fingerprint density at radius 2 is 1.56 bits per heavy atom. The van der Waals surface area contributed by atoms with Gasteiger partial charge >= 0.3 is 0 Å². The lowest BCUT2D eigenvalue weighted by atomic mass is 9.98. The maximum absolute atomic E-state index is 5.62. The summed E-state index contributed by atoms with van der Waals surface area (Å²) in [6.07, 6.45) is 5.44. The number of rotatable bonds is 3. The standard InChI is InChI=1S/C21H15N3S/c25-18-11-14-24-21(19(18)15-7-2-1-3-8-15)20-16(9-6-13-23-20)17-10-4-5-12-22-17/h1-14H,(H,24,25). The molecule has 1 N–H and O–H groups in total. The van der Waals surface area contributed by atoms with E-state index in [1.54, 1.807) is 12.4 Å². The lowest BCUT2D eigenvalue weighted by Gasteiger charge is -2.13. The fourth-order valence-corrected chi connectivity index (χ4v) is 3.18. The van der Waals surface area contributed by atoms with Gasteiger partial charge in [0.15, 0.2) is 0 Å². The van der Waals surface area contributed by atoms with Gasteiger partial charge in [-0.15, -0.1) is 0 Å². The van der Waals surface area contributed by atoms with Crippen molar-refractivity contribution in [1.82, 2.24) is 15.0 Å². The van der Waals surface area contributed by atoms with Crippen LogP contribution in [0.5, 0.6) is 0 Å². The summed E-state index contributed by atoms with van der Waals surface area (Å²) >= 11 is 5.62. The van der Waals surface area contributed by atoms with Crippen molar-refractivity contribution in [3.8, 4) is 33.8 Å². The number of aromatic amines is 1. The van der Waals surface area contributed by atoms with E-state index in [1.807, 2.05) is 60.8 Å². The fraction of sp³-hybridized carbons (Fsp3) is 0. The van der Waals surface area contributed by atoms with Crippen molar-refractivity contribution in [2.24, 2.45) is 0 Å². The summed E-state index contributed by atoms with van der Waals surface area (Å²) in [6.45, 7) is 0. The monoisotopic (exact) mass is 341 g/mol. The lowest BCUT2D eigenvalue weighted by Crippen LogP contribution is -1.96. The van der Waals surface area contributed by atoms with Gasteiger partial charge < -0.3 is 4.98 Å². The third kappa shape index (κ3) is 2.99. The molecule has 0 unspecified atom stereocenters. The summed E-state index contributed by atoms with van der Waals surface area (Å²) in [5.41, 5.74) is 5.64. The highest BCUT2D eigenvalue weighted by Gasteiger charge is 2.15. The maximum Gasteiger partial charge on any atom is 0.0965 e. The average molecular weight is 341 g/mol. The number of pyridine rings is 3. The molecule has 1 aromatic carbocycles. The zero-order valence-electron chi connectivity index (χ0n) is 13.4. The molecule has 0 aliphatic rings. The number of hydrogen-bond donors (Lipinski definition) is 1. The molecule has 0 radical (unpaired) electrons. The van der Waals surface area contributed by atoms with Crippen LogP contribution in [0.1, 0.15) is 0 Å². The molecular weight excluding hydrogens is 326 g/mol. The Hall–Kier alpha value is -3.11. The molecule has 0 bridgehead atoms. The minimum absolute atomic E-state index is 0.789. The molecule has 0 saturated heterocycles. The topological polar surface area (TPSA) is 41.6 Å². The molecule has 25 heavy (non-hydrogen) atoms. The maximum atomic E-state index is 5.62. The van der Waals surface area contributed by atoms with Crippen LogP contribution in [-0.2, 0) is 0 Å². The molecule has 0 atom stereocenters. The van der Waals surface area contributed by atoms with Crippen LogP contribution in [0.2, 0.25) is 0 Å². The van der Waals surface area contributed by atoms with Crippen LogP contribution in [-0.4, -0.2) is 15.0 Å². The van der Waals surface area contributed by atoms with Crippen LogP contribution < -0.4 is 0 Å². The minimum atomic E-state index is 0.789. The first-order valence-corrected chi connectivity index (χ1v) is 8.39. The van der Waals surface area contributed by atoms with Crippen LogP contribution in [0.25, 0.3) is 33.8 Å². The van der Waals surface area contributed by atoms with Crippen molar-refractivity contribution in [2.75, 3.05) is 0 Å². The number of H-pyrrole nitrogens is 1. The highest BCUT2D eigenvalue weighted by molar-refractivity contribution is 7.71. The Morgan fingerprint density at radius 3 is 2.36 bits per heavy atom. The van der Waals surface area contributed by atoms with Crippen LogP contribution in [0.3, 0.4) is 0 Å². The molecule has 4 rings (SSSR count). The first-order chi connectivity index (χ1) is 12.3. The minimum Gasteiger partial charge on any atom is -0.359 e. The number of benzene rings is 1. The van der Waals surface area contributed by atoms with E-state index < -0.39 is 0 Å². The average Bonchev–Trinajstić information content (AvgIpc) is 2.69. The summed E-state index contributed by atoms with van der Waals surface area (Å²) < 4.78 is 0.789. The molecule has 0 saturated carbocycles. The van der Waals surface area contributed by atoms with Gasteiger partial charge in [-0.3, -0.25) is 9.97 Å². The van der Waals surface area contributed by atoms with Crippen molar-refractivity contribution in [3.63, 3.8) is 0 Å². The van der Waals surface area contributed by atoms with Gasteiger partial charge in [-0.1, -0.05) is 48.6 Å². The molecule has 0 fully saturated rings. The van der Waals surface area contributed by atoms with Gasteiger partial charge in [-0.25, -0.2) is 0 Å². The normalized spacial score (nSPS) is 10.6. The van der Waals surface area contributed by atoms with E-state index in [2.05, 4.69) is 27.1 Å². The molecule has 3 nitrogen and oxygen atoms in total. The predicted octanol–water partition coefficient (Wildman–Crippen LogP) is 5.54. The van der Waals surface area contributed by atoms with Crippen molar-refractivity contribution < 1.29 is 0 Å². The quantitative estimate of drug-likeness (QED) is 0.498. The molecule has 0 aliphatic carbocycles. The second-order valence-corrected chi connectivity index (χ2v) is 6.01. The molecule has 4 heteroatoms. The highest BCUT2D eigenvalue weighted by Crippen LogP contribution is 2.35. The third-order valence-corrected chi connectivity index (χ3v) is 4.35. The first-order valence-electron chi connectivity index (χ1n) is 7.98. The van der Waals surface area contributed by atoms with Crippen LogP contribution in [0.15, 0.2) is 85.3 Å². The first kappa shape index (κ1) is 15.4. The van der Waals surface area contributed by atoms with Crippen molar-refractivity contribution in [1.29, 1.82) is 0 Å². The lowest BCUT2D eigenvalue weighted by molar-refractivity contribution is 1.23. The Morgan fingerprint density at radius 1 is 0.760 bits per heavy atom. The van der Waals surface area contributed by atoms with E-state index in [9.17, 15) is 0 Å². The molecule has 4 aromatic rings. The van der Waals surface area contributed by atoms with E-state index in [-0.39, 0.29) is 0 Å². The Kier molecular flexibility index (Phi) is 4.19. The van der Waals surface area contributed by atoms with E-state index in [4.69, 9.17) is 12.2 Å². The third-order valence-electron chi connectivity index (χ3n) is 4.01. The van der Waals surface area contributed by atoms with Crippen LogP contribution >= 0.6 is 12.2 Å². The number of nitrogens with one attached hydrogen (secondary N) is 1. The Labute approximate surface area is 151 Å². The molecule has 3 heterocycles.